The molecule has 4 aliphatic rings. The Kier molecular flexibility index (Phi) is 13.2. The molecule has 0 unspecified atom stereocenters. The van der Waals surface area contributed by atoms with Gasteiger partial charge in [0.05, 0.1) is 25.9 Å². The molecule has 0 spiro atoms. The average molecular weight is 683 g/mol. The van der Waals surface area contributed by atoms with Gasteiger partial charge in [-0.15, -0.1) is 11.8 Å². The third-order valence-electron chi connectivity index (χ3n) is 8.18. The van der Waals surface area contributed by atoms with Crippen LogP contribution in [0.25, 0.3) is 0 Å². The quantitative estimate of drug-likeness (QED) is 0.102. The van der Waals surface area contributed by atoms with Crippen molar-refractivity contribution in [2.45, 2.75) is 122 Å². The molecule has 45 heavy (non-hydrogen) atoms. The van der Waals surface area contributed by atoms with E-state index in [1.165, 1.54) is 0 Å². The molecule has 4 saturated heterocycles. The summed E-state index contributed by atoms with van der Waals surface area (Å²) in [4.78, 5) is 0. The van der Waals surface area contributed by atoms with Crippen LogP contribution in [0.2, 0.25) is 0 Å². The topological polar surface area (TPSA) is 339 Å². The number of thioether (sulfide) groups is 1. The van der Waals surface area contributed by atoms with Crippen LogP contribution < -0.4 is 0 Å². The summed E-state index contributed by atoms with van der Waals surface area (Å²) in [6.07, 6.45) is -31.9. The van der Waals surface area contributed by atoms with Crippen molar-refractivity contribution in [2.75, 3.05) is 25.6 Å². The van der Waals surface area contributed by atoms with Crippen molar-refractivity contribution < 1.29 is 99.9 Å². The van der Waals surface area contributed by atoms with Crippen molar-refractivity contribution in [3.8, 4) is 0 Å². The molecule has 20 nitrogen and oxygen atoms in total. The Morgan fingerprint density at radius 1 is 0.422 bits per heavy atom. The summed E-state index contributed by atoms with van der Waals surface area (Å²) in [7, 11) is 0. The largest absolute Gasteiger partial charge is 0.394 e. The van der Waals surface area contributed by atoms with Crippen LogP contribution in [0.1, 0.15) is 0 Å². The number of hydrogen-bond donors (Lipinski definition) is 14. The molecule has 0 aromatic rings. The molecule has 4 aliphatic heterocycles. The third-order valence-corrected chi connectivity index (χ3v) is 9.42. The highest BCUT2D eigenvalue weighted by Gasteiger charge is 2.53. The molecule has 0 saturated carbocycles. The Labute approximate surface area is 259 Å². The van der Waals surface area contributed by atoms with Crippen molar-refractivity contribution >= 4 is 11.8 Å². The van der Waals surface area contributed by atoms with E-state index in [9.17, 15) is 71.5 Å². The number of aliphatic hydroxyl groups is 14. The maximum Gasteiger partial charge on any atom is 0.187 e. The molecule has 0 amide bonds. The van der Waals surface area contributed by atoms with Crippen LogP contribution >= 0.6 is 11.8 Å². The molecule has 0 aromatic heterocycles. The first-order chi connectivity index (χ1) is 21.2. The monoisotopic (exact) mass is 682 g/mol. The average Bonchev–Trinajstić information content (AvgIpc) is 3.03. The van der Waals surface area contributed by atoms with Gasteiger partial charge in [-0.1, -0.05) is 0 Å². The van der Waals surface area contributed by atoms with Gasteiger partial charge in [0.2, 0.25) is 0 Å². The highest BCUT2D eigenvalue weighted by Crippen LogP contribution is 2.35. The molecule has 4 fully saturated rings. The summed E-state index contributed by atoms with van der Waals surface area (Å²) in [6, 6.07) is 0. The van der Waals surface area contributed by atoms with E-state index in [0.717, 1.165) is 11.8 Å². The number of hydrogen-bond acceptors (Lipinski definition) is 21. The van der Waals surface area contributed by atoms with Gasteiger partial charge in [-0.05, 0) is 0 Å². The van der Waals surface area contributed by atoms with Crippen molar-refractivity contribution in [3.05, 3.63) is 0 Å². The minimum absolute atomic E-state index is 0.301. The lowest BCUT2D eigenvalue weighted by atomic mass is 9.97. The summed E-state index contributed by atoms with van der Waals surface area (Å²) in [6.45, 7) is -2.33. The zero-order chi connectivity index (χ0) is 33.3. The Bertz CT molecular complexity index is 918. The first-order valence-electron chi connectivity index (χ1n) is 14.1. The summed E-state index contributed by atoms with van der Waals surface area (Å²) in [5.74, 6) is -0.301. The number of ether oxygens (including phenoxy) is 6. The van der Waals surface area contributed by atoms with Gasteiger partial charge in [0.1, 0.15) is 97.0 Å². The number of rotatable bonds is 10. The summed E-state index contributed by atoms with van der Waals surface area (Å²) < 4.78 is 32.5. The Morgan fingerprint density at radius 3 is 1.38 bits per heavy atom. The standard InChI is InChI=1S/C24H42O20S/c25-1-5-9(28)11(30)16(35)22(40-5)44-20-7(3-27)42-24(18(37)14(20)33)45-4-8-10(29)12(31)17(36)23(41-8)43-19-6(2-26)39-21(38)15(34)13(19)32/h5-38H,1-4H2/t5-,6-,7-,8-,9-,10-,11+,12+,13-,14-,15-,16-,17-,18-,19-,20-,21-,22-,23-,24-/m1/s1. The maximum atomic E-state index is 10.8. The fourth-order valence-corrected chi connectivity index (χ4v) is 6.67. The van der Waals surface area contributed by atoms with Gasteiger partial charge in [0.15, 0.2) is 18.9 Å². The second-order valence-corrected chi connectivity index (χ2v) is 12.3. The smallest absolute Gasteiger partial charge is 0.187 e. The van der Waals surface area contributed by atoms with E-state index < -0.39 is 142 Å². The molecule has 264 valence electrons. The predicted molar refractivity (Wildman–Crippen MR) is 140 cm³/mol. The molecular formula is C24H42O20S. The molecule has 14 N–H and O–H groups in total. The molecule has 4 heterocycles. The fourth-order valence-electron chi connectivity index (χ4n) is 5.44. The van der Waals surface area contributed by atoms with Crippen LogP contribution in [-0.2, 0) is 28.4 Å². The zero-order valence-electron chi connectivity index (χ0n) is 23.5. The maximum absolute atomic E-state index is 10.8. The summed E-state index contributed by atoms with van der Waals surface area (Å²) >= 11 is 0.744. The lowest BCUT2D eigenvalue weighted by molar-refractivity contribution is -0.351. The molecule has 0 aromatic carbocycles. The molecule has 20 atom stereocenters. The van der Waals surface area contributed by atoms with Gasteiger partial charge in [0.25, 0.3) is 0 Å². The molecule has 0 aliphatic carbocycles. The SMILES string of the molecule is OC[C@H]1O[C@H](O[C@H]2[C@H](O)[C@@H](O)[C@@H](SC[C@H]3O[C@H](O[C@H]4[C@H](O)[C@@H](O)[C@H](O)O[C@@H]4CO)[C@H](O)[C@@H](O)[C@@H]3O)O[C@@H]2CO)[C@H](O)[C@@H](O)[C@@H]1O. The first kappa shape index (κ1) is 37.4. The Balaban J connectivity index is 1.39. The van der Waals surface area contributed by atoms with Crippen LogP contribution in [0.5, 0.6) is 0 Å². The van der Waals surface area contributed by atoms with Gasteiger partial charge < -0.3 is 99.9 Å². The minimum Gasteiger partial charge on any atom is -0.394 e. The molecule has 0 bridgehead atoms. The van der Waals surface area contributed by atoms with E-state index in [1.54, 1.807) is 0 Å². The van der Waals surface area contributed by atoms with Gasteiger partial charge in [-0.2, -0.15) is 0 Å². The van der Waals surface area contributed by atoms with E-state index >= 15 is 0 Å². The van der Waals surface area contributed by atoms with Crippen molar-refractivity contribution in [3.63, 3.8) is 0 Å². The third kappa shape index (κ3) is 7.74. The van der Waals surface area contributed by atoms with Gasteiger partial charge in [0, 0.05) is 5.75 Å². The zero-order valence-corrected chi connectivity index (χ0v) is 24.3. The second kappa shape index (κ2) is 15.8. The van der Waals surface area contributed by atoms with E-state index in [-0.39, 0.29) is 5.75 Å². The minimum atomic E-state index is -1.89. The van der Waals surface area contributed by atoms with Gasteiger partial charge in [-0.25, -0.2) is 0 Å². The van der Waals surface area contributed by atoms with Crippen LogP contribution in [0.4, 0.5) is 0 Å². The highest BCUT2D eigenvalue weighted by molar-refractivity contribution is 7.99. The lowest BCUT2D eigenvalue weighted by Gasteiger charge is -2.47. The molecule has 4 rings (SSSR count). The van der Waals surface area contributed by atoms with Gasteiger partial charge in [-0.3, -0.25) is 0 Å². The van der Waals surface area contributed by atoms with E-state index in [4.69, 9.17) is 28.4 Å². The van der Waals surface area contributed by atoms with Crippen LogP contribution in [-0.4, -0.2) is 219 Å². The lowest BCUT2D eigenvalue weighted by Crippen LogP contribution is -2.65. The Morgan fingerprint density at radius 2 is 0.867 bits per heavy atom. The van der Waals surface area contributed by atoms with E-state index in [0.29, 0.717) is 0 Å². The van der Waals surface area contributed by atoms with E-state index in [1.807, 2.05) is 0 Å². The molecule has 0 radical (unpaired) electrons. The van der Waals surface area contributed by atoms with Crippen molar-refractivity contribution in [2.24, 2.45) is 0 Å². The summed E-state index contributed by atoms with van der Waals surface area (Å²) in [5, 5.41) is 142. The first-order valence-corrected chi connectivity index (χ1v) is 15.2. The Hall–Kier alpha value is -0.450. The molecule has 21 heteroatoms. The van der Waals surface area contributed by atoms with Crippen LogP contribution in [0.15, 0.2) is 0 Å². The van der Waals surface area contributed by atoms with Crippen molar-refractivity contribution in [1.82, 2.24) is 0 Å². The fraction of sp³-hybridized carbons (Fsp3) is 1.00. The highest BCUT2D eigenvalue weighted by atomic mass is 32.2. The van der Waals surface area contributed by atoms with Crippen molar-refractivity contribution in [1.29, 1.82) is 0 Å². The van der Waals surface area contributed by atoms with Gasteiger partial charge >= 0.3 is 0 Å². The summed E-state index contributed by atoms with van der Waals surface area (Å²) in [5.41, 5.74) is -1.32. The second-order valence-electron chi connectivity index (χ2n) is 11.2. The van der Waals surface area contributed by atoms with Crippen LogP contribution in [0, 0.1) is 0 Å². The molecular weight excluding hydrogens is 640 g/mol. The predicted octanol–water partition coefficient (Wildman–Crippen LogP) is -9.03. The van der Waals surface area contributed by atoms with E-state index in [2.05, 4.69) is 0 Å². The van der Waals surface area contributed by atoms with Crippen LogP contribution in [0.3, 0.4) is 0 Å². The normalized spacial score (nSPS) is 52.9. The number of aliphatic hydroxyl groups excluding tert-OH is 14.